The molecule has 0 atom stereocenters. The monoisotopic (exact) mass is 238 g/mol. The molecular weight excluding hydrogens is 230 g/mol. The summed E-state index contributed by atoms with van der Waals surface area (Å²) in [6.45, 7) is 5.22. The molecule has 0 amide bonds. The Balaban J connectivity index is 4.88. The lowest BCUT2D eigenvalue weighted by molar-refractivity contribution is -0.114. The van der Waals surface area contributed by atoms with Crippen molar-refractivity contribution in [1.29, 1.82) is 0 Å². The molecule has 1 nitrogen and oxygen atoms in total. The lowest BCUT2D eigenvalue weighted by atomic mass is 10.1. The van der Waals surface area contributed by atoms with Gasteiger partial charge in [0.15, 0.2) is 0 Å². The van der Waals surface area contributed by atoms with Crippen LogP contribution in [0.5, 0.6) is 0 Å². The smallest absolute Gasteiger partial charge is 0.253 e. The van der Waals surface area contributed by atoms with Gasteiger partial charge in [-0.15, -0.1) is 0 Å². The van der Waals surface area contributed by atoms with Crippen LogP contribution in [-0.4, -0.2) is 9.58 Å². The number of ketones is 1. The van der Waals surface area contributed by atoms with E-state index in [1.807, 2.05) is 0 Å². The second-order valence-electron chi connectivity index (χ2n) is 2.18. The maximum atomic E-state index is 11.4. The summed E-state index contributed by atoms with van der Waals surface area (Å²) in [6, 6.07) is 0. The van der Waals surface area contributed by atoms with Crippen LogP contribution in [0.15, 0.2) is 36.5 Å². The van der Waals surface area contributed by atoms with Crippen LogP contribution < -0.4 is 0 Å². The first-order valence-corrected chi connectivity index (χ1v) is 4.63. The summed E-state index contributed by atoms with van der Waals surface area (Å²) >= 11 is 16.3. The van der Waals surface area contributed by atoms with Crippen molar-refractivity contribution in [3.63, 3.8) is 0 Å². The van der Waals surface area contributed by atoms with Gasteiger partial charge >= 0.3 is 0 Å². The van der Waals surface area contributed by atoms with Gasteiger partial charge in [0.25, 0.3) is 3.79 Å². The van der Waals surface area contributed by atoms with Crippen LogP contribution in [0.3, 0.4) is 0 Å². The van der Waals surface area contributed by atoms with Gasteiger partial charge < -0.3 is 0 Å². The van der Waals surface area contributed by atoms with Gasteiger partial charge in [-0.05, 0) is 6.92 Å². The fourth-order valence-corrected chi connectivity index (χ4v) is 1.00. The Morgan fingerprint density at radius 2 is 1.92 bits per heavy atom. The molecule has 0 spiro atoms. The first-order chi connectivity index (χ1) is 5.93. The molecule has 0 fully saturated rings. The molecule has 0 aliphatic heterocycles. The van der Waals surface area contributed by atoms with Crippen molar-refractivity contribution >= 4 is 40.6 Å². The molecule has 72 valence electrons. The van der Waals surface area contributed by atoms with Crippen LogP contribution >= 0.6 is 34.8 Å². The second-order valence-corrected chi connectivity index (χ2v) is 4.47. The second kappa shape index (κ2) is 5.48. The molecule has 0 saturated carbocycles. The van der Waals surface area contributed by atoms with Gasteiger partial charge in [-0.25, -0.2) is 0 Å². The Morgan fingerprint density at radius 3 is 2.23 bits per heavy atom. The van der Waals surface area contributed by atoms with Crippen molar-refractivity contribution in [2.24, 2.45) is 0 Å². The van der Waals surface area contributed by atoms with Gasteiger partial charge in [0.2, 0.25) is 5.78 Å². The third-order valence-electron chi connectivity index (χ3n) is 1.16. The average Bonchev–Trinajstić information content (AvgIpc) is 2.01. The van der Waals surface area contributed by atoms with E-state index in [9.17, 15) is 4.79 Å². The Hall–Kier alpha value is -0.240. The van der Waals surface area contributed by atoms with Crippen LogP contribution in [-0.2, 0) is 4.79 Å². The molecule has 0 aromatic carbocycles. The quantitative estimate of drug-likeness (QED) is 0.418. The Labute approximate surface area is 92.7 Å². The van der Waals surface area contributed by atoms with Gasteiger partial charge in [0.05, 0.1) is 0 Å². The minimum atomic E-state index is -1.91. The SMILES string of the molecule is C=C/C=C(\C=C/C)C(=O)C(Cl)(Cl)Cl. The molecule has 0 bridgehead atoms. The largest absolute Gasteiger partial charge is 0.289 e. The first-order valence-electron chi connectivity index (χ1n) is 3.50. The van der Waals surface area contributed by atoms with E-state index in [1.54, 1.807) is 19.1 Å². The van der Waals surface area contributed by atoms with Gasteiger partial charge in [-0.2, -0.15) is 0 Å². The number of Topliss-reactive ketones (excluding diaryl/α,β-unsaturated/α-hetero) is 1. The molecule has 0 heterocycles. The predicted molar refractivity (Wildman–Crippen MR) is 58.4 cm³/mol. The average molecular weight is 240 g/mol. The first kappa shape index (κ1) is 12.8. The molecule has 4 heteroatoms. The summed E-state index contributed by atoms with van der Waals surface area (Å²) in [4.78, 5) is 11.4. The van der Waals surface area contributed by atoms with E-state index in [1.165, 1.54) is 12.2 Å². The van der Waals surface area contributed by atoms with E-state index in [0.717, 1.165) is 0 Å². The van der Waals surface area contributed by atoms with Crippen LogP contribution in [0.4, 0.5) is 0 Å². The molecule has 0 saturated heterocycles. The lowest BCUT2D eigenvalue weighted by Gasteiger charge is -2.09. The number of allylic oxidation sites excluding steroid dienone is 5. The molecule has 0 rings (SSSR count). The Bertz CT molecular complexity index is 259. The summed E-state index contributed by atoms with van der Waals surface area (Å²) in [6.07, 6.45) is 6.20. The molecular formula is C9H9Cl3O. The van der Waals surface area contributed by atoms with E-state index < -0.39 is 9.58 Å². The zero-order valence-electron chi connectivity index (χ0n) is 7.06. The summed E-state index contributed by atoms with van der Waals surface area (Å²) in [5, 5.41) is 0. The standard InChI is InChI=1S/C9H9Cl3O/c1-3-5-7(6-4-2)8(13)9(10,11)12/h3-6H,1H2,2H3/b6-4-,7-5+. The fourth-order valence-electron chi connectivity index (χ4n) is 0.677. The third kappa shape index (κ3) is 4.51. The molecule has 0 N–H and O–H groups in total. The molecule has 13 heavy (non-hydrogen) atoms. The summed E-state index contributed by atoms with van der Waals surface area (Å²) in [5.41, 5.74) is 0.317. The zero-order valence-corrected chi connectivity index (χ0v) is 9.33. The number of halogens is 3. The number of carbonyl (C=O) groups is 1. The van der Waals surface area contributed by atoms with Gasteiger partial charge in [-0.1, -0.05) is 65.7 Å². The van der Waals surface area contributed by atoms with Crippen LogP contribution in [0, 0.1) is 0 Å². The van der Waals surface area contributed by atoms with Gasteiger partial charge in [0.1, 0.15) is 0 Å². The minimum Gasteiger partial charge on any atom is -0.289 e. The number of carbonyl (C=O) groups excluding carboxylic acids is 1. The van der Waals surface area contributed by atoms with Crippen LogP contribution in [0.1, 0.15) is 6.92 Å². The van der Waals surface area contributed by atoms with Crippen molar-refractivity contribution in [2.45, 2.75) is 10.7 Å². The van der Waals surface area contributed by atoms with Crippen molar-refractivity contribution in [2.75, 3.05) is 0 Å². The van der Waals surface area contributed by atoms with Crippen molar-refractivity contribution in [3.8, 4) is 0 Å². The molecule has 0 aliphatic rings. The molecule has 0 aromatic heterocycles. The van der Waals surface area contributed by atoms with Gasteiger partial charge in [-0.3, -0.25) is 4.79 Å². The van der Waals surface area contributed by atoms with Crippen molar-refractivity contribution < 1.29 is 4.79 Å². The highest BCUT2D eigenvalue weighted by Gasteiger charge is 2.31. The highest BCUT2D eigenvalue weighted by Crippen LogP contribution is 2.30. The summed E-state index contributed by atoms with van der Waals surface area (Å²) in [7, 11) is 0. The molecule has 0 radical (unpaired) electrons. The molecule has 0 aromatic rings. The van der Waals surface area contributed by atoms with Crippen molar-refractivity contribution in [1.82, 2.24) is 0 Å². The lowest BCUT2D eigenvalue weighted by Crippen LogP contribution is -2.19. The summed E-state index contributed by atoms with van der Waals surface area (Å²) in [5.74, 6) is -0.560. The maximum absolute atomic E-state index is 11.4. The van der Waals surface area contributed by atoms with E-state index in [2.05, 4.69) is 6.58 Å². The molecule has 0 aliphatic carbocycles. The van der Waals surface area contributed by atoms with Crippen molar-refractivity contribution in [3.05, 3.63) is 36.5 Å². The number of hydrogen-bond acceptors (Lipinski definition) is 1. The Kier molecular flexibility index (Phi) is 5.38. The Morgan fingerprint density at radius 1 is 1.38 bits per heavy atom. The normalized spacial score (nSPS) is 13.4. The number of hydrogen-bond donors (Lipinski definition) is 0. The topological polar surface area (TPSA) is 17.1 Å². The third-order valence-corrected chi connectivity index (χ3v) is 1.68. The molecule has 0 unspecified atom stereocenters. The van der Waals surface area contributed by atoms with E-state index in [4.69, 9.17) is 34.8 Å². The number of rotatable bonds is 3. The van der Waals surface area contributed by atoms with Crippen LogP contribution in [0.2, 0.25) is 0 Å². The predicted octanol–water partition coefficient (Wildman–Crippen LogP) is 3.61. The zero-order chi connectivity index (χ0) is 10.5. The summed E-state index contributed by atoms with van der Waals surface area (Å²) < 4.78 is -1.91. The van der Waals surface area contributed by atoms with E-state index >= 15 is 0 Å². The maximum Gasteiger partial charge on any atom is 0.253 e. The number of alkyl halides is 3. The van der Waals surface area contributed by atoms with Crippen LogP contribution in [0.25, 0.3) is 0 Å². The highest BCUT2D eigenvalue weighted by atomic mass is 35.6. The fraction of sp³-hybridized carbons (Fsp3) is 0.222. The van der Waals surface area contributed by atoms with E-state index in [-0.39, 0.29) is 0 Å². The van der Waals surface area contributed by atoms with Gasteiger partial charge in [0, 0.05) is 5.57 Å². The minimum absolute atomic E-state index is 0.317. The van der Waals surface area contributed by atoms with E-state index in [0.29, 0.717) is 5.57 Å². The highest BCUT2D eigenvalue weighted by molar-refractivity contribution is 6.77.